The van der Waals surface area contributed by atoms with Crippen molar-refractivity contribution in [2.75, 3.05) is 12.3 Å². The minimum absolute atomic E-state index is 0.0994. The maximum Gasteiger partial charge on any atom is 0.405 e. The van der Waals surface area contributed by atoms with Gasteiger partial charge in [-0.25, -0.2) is 0 Å². The lowest BCUT2D eigenvalue weighted by Crippen LogP contribution is -2.33. The molecule has 2 amide bonds. The molecular formula is C12H14F3N3O2. The molecule has 5 nitrogen and oxygen atoms in total. The molecule has 0 atom stereocenters. The molecule has 0 fully saturated rings. The van der Waals surface area contributed by atoms with Crippen LogP contribution >= 0.6 is 0 Å². The Morgan fingerprint density at radius 1 is 1.25 bits per heavy atom. The van der Waals surface area contributed by atoms with Crippen molar-refractivity contribution in [2.24, 2.45) is 5.73 Å². The molecule has 0 spiro atoms. The molecule has 20 heavy (non-hydrogen) atoms. The molecule has 0 radical (unpaired) electrons. The highest BCUT2D eigenvalue weighted by atomic mass is 19.4. The first kappa shape index (κ1) is 15.8. The zero-order valence-corrected chi connectivity index (χ0v) is 10.5. The fourth-order valence-corrected chi connectivity index (χ4v) is 1.58. The first-order chi connectivity index (χ1) is 9.19. The number of benzene rings is 1. The van der Waals surface area contributed by atoms with Crippen LogP contribution in [-0.4, -0.2) is 24.5 Å². The van der Waals surface area contributed by atoms with E-state index in [4.69, 9.17) is 11.5 Å². The zero-order chi connectivity index (χ0) is 15.3. The van der Waals surface area contributed by atoms with Crippen molar-refractivity contribution in [3.8, 4) is 0 Å². The molecule has 0 unspecified atom stereocenters. The summed E-state index contributed by atoms with van der Waals surface area (Å²) in [6, 6.07) is 4.41. The molecule has 110 valence electrons. The van der Waals surface area contributed by atoms with Crippen LogP contribution in [0.5, 0.6) is 0 Å². The van der Waals surface area contributed by atoms with Gasteiger partial charge < -0.3 is 16.8 Å². The monoisotopic (exact) mass is 289 g/mol. The second kappa shape index (κ2) is 6.27. The van der Waals surface area contributed by atoms with E-state index in [1.807, 2.05) is 0 Å². The number of primary amides is 1. The van der Waals surface area contributed by atoms with Gasteiger partial charge in [-0.1, -0.05) is 6.07 Å². The van der Waals surface area contributed by atoms with Gasteiger partial charge in [-0.05, 0) is 24.1 Å². The van der Waals surface area contributed by atoms with Gasteiger partial charge in [-0.2, -0.15) is 13.2 Å². The van der Waals surface area contributed by atoms with E-state index in [2.05, 4.69) is 0 Å². The van der Waals surface area contributed by atoms with Crippen LogP contribution < -0.4 is 16.8 Å². The van der Waals surface area contributed by atoms with E-state index < -0.39 is 24.5 Å². The summed E-state index contributed by atoms with van der Waals surface area (Å²) in [6.45, 7) is -1.38. The van der Waals surface area contributed by atoms with Gasteiger partial charge in [0.2, 0.25) is 11.8 Å². The lowest BCUT2D eigenvalue weighted by Gasteiger charge is -2.10. The van der Waals surface area contributed by atoms with Crippen LogP contribution in [-0.2, 0) is 11.2 Å². The number of alkyl halides is 3. The number of hydrogen-bond acceptors (Lipinski definition) is 3. The summed E-state index contributed by atoms with van der Waals surface area (Å²) in [5.41, 5.74) is 11.6. The van der Waals surface area contributed by atoms with E-state index in [1.165, 1.54) is 18.2 Å². The fourth-order valence-electron chi connectivity index (χ4n) is 1.58. The zero-order valence-electron chi connectivity index (χ0n) is 10.5. The van der Waals surface area contributed by atoms with Gasteiger partial charge in [0.1, 0.15) is 6.54 Å². The number of amides is 2. The third-order valence-corrected chi connectivity index (χ3v) is 2.51. The quantitative estimate of drug-likeness (QED) is 0.705. The Hall–Kier alpha value is -2.25. The second-order valence-corrected chi connectivity index (χ2v) is 4.17. The first-order valence-corrected chi connectivity index (χ1v) is 5.70. The minimum atomic E-state index is -4.45. The van der Waals surface area contributed by atoms with Crippen LogP contribution in [0.2, 0.25) is 0 Å². The molecule has 1 aromatic rings. The SMILES string of the molecule is NC(=O)c1cc(N)ccc1CCC(=O)NCC(F)(F)F. The van der Waals surface area contributed by atoms with Gasteiger partial charge in [-0.15, -0.1) is 0 Å². The maximum absolute atomic E-state index is 11.9. The predicted molar refractivity (Wildman–Crippen MR) is 66.8 cm³/mol. The molecule has 1 rings (SSSR count). The van der Waals surface area contributed by atoms with Crippen LogP contribution in [0.4, 0.5) is 18.9 Å². The van der Waals surface area contributed by atoms with Crippen LogP contribution in [0.25, 0.3) is 0 Å². The number of nitrogen functional groups attached to an aromatic ring is 1. The van der Waals surface area contributed by atoms with E-state index in [9.17, 15) is 22.8 Å². The van der Waals surface area contributed by atoms with E-state index in [0.717, 1.165) is 0 Å². The number of halogens is 3. The number of carbonyl (C=O) groups is 2. The Morgan fingerprint density at radius 2 is 1.90 bits per heavy atom. The molecule has 0 heterocycles. The van der Waals surface area contributed by atoms with Crippen molar-refractivity contribution in [1.82, 2.24) is 5.32 Å². The van der Waals surface area contributed by atoms with Crippen LogP contribution in [0.15, 0.2) is 18.2 Å². The molecule has 0 aromatic heterocycles. The summed E-state index contributed by atoms with van der Waals surface area (Å²) in [5, 5.41) is 1.75. The average molecular weight is 289 g/mol. The van der Waals surface area contributed by atoms with E-state index in [1.54, 1.807) is 5.32 Å². The molecular weight excluding hydrogens is 275 g/mol. The summed E-state index contributed by atoms with van der Waals surface area (Å²) >= 11 is 0. The van der Waals surface area contributed by atoms with Gasteiger partial charge in [0.25, 0.3) is 0 Å². The summed E-state index contributed by atoms with van der Waals surface area (Å²) in [5.74, 6) is -1.46. The summed E-state index contributed by atoms with van der Waals surface area (Å²) < 4.78 is 35.7. The molecule has 0 aliphatic carbocycles. The molecule has 0 aliphatic heterocycles. The van der Waals surface area contributed by atoms with Crippen molar-refractivity contribution in [2.45, 2.75) is 19.0 Å². The second-order valence-electron chi connectivity index (χ2n) is 4.17. The number of carbonyl (C=O) groups excluding carboxylic acids is 2. The van der Waals surface area contributed by atoms with Gasteiger partial charge in [-0.3, -0.25) is 9.59 Å². The number of hydrogen-bond donors (Lipinski definition) is 3. The van der Waals surface area contributed by atoms with Crippen LogP contribution in [0, 0.1) is 0 Å². The number of nitrogens with one attached hydrogen (secondary N) is 1. The largest absolute Gasteiger partial charge is 0.405 e. The smallest absolute Gasteiger partial charge is 0.399 e. The van der Waals surface area contributed by atoms with Crippen molar-refractivity contribution in [3.05, 3.63) is 29.3 Å². The number of aryl methyl sites for hydroxylation is 1. The predicted octanol–water partition coefficient (Wildman–Crippen LogP) is 0.979. The van der Waals surface area contributed by atoms with Crippen LogP contribution in [0.3, 0.4) is 0 Å². The van der Waals surface area contributed by atoms with Crippen molar-refractivity contribution in [1.29, 1.82) is 0 Å². The van der Waals surface area contributed by atoms with Gasteiger partial charge in [0.15, 0.2) is 0 Å². The highest BCUT2D eigenvalue weighted by molar-refractivity contribution is 5.95. The van der Waals surface area contributed by atoms with Gasteiger partial charge >= 0.3 is 6.18 Å². The lowest BCUT2D eigenvalue weighted by molar-refractivity contribution is -0.138. The molecule has 0 aliphatic rings. The van der Waals surface area contributed by atoms with Crippen LogP contribution in [0.1, 0.15) is 22.3 Å². The third kappa shape index (κ3) is 5.17. The summed E-state index contributed by atoms with van der Waals surface area (Å²) in [6.07, 6.45) is -4.53. The Bertz CT molecular complexity index is 515. The minimum Gasteiger partial charge on any atom is -0.399 e. The van der Waals surface area contributed by atoms with E-state index in [-0.39, 0.29) is 18.4 Å². The normalized spacial score (nSPS) is 11.2. The molecule has 0 bridgehead atoms. The molecule has 8 heteroatoms. The lowest BCUT2D eigenvalue weighted by atomic mass is 10.0. The van der Waals surface area contributed by atoms with Crippen molar-refractivity contribution < 1.29 is 22.8 Å². The Labute approximate surface area is 113 Å². The van der Waals surface area contributed by atoms with Gasteiger partial charge in [0, 0.05) is 17.7 Å². The Balaban J connectivity index is 2.62. The Morgan fingerprint density at radius 3 is 2.45 bits per heavy atom. The van der Waals surface area contributed by atoms with Gasteiger partial charge in [0.05, 0.1) is 0 Å². The highest BCUT2D eigenvalue weighted by Crippen LogP contribution is 2.15. The topological polar surface area (TPSA) is 98.2 Å². The standard InChI is InChI=1S/C12H14F3N3O2/c13-12(14,15)6-18-10(19)4-2-7-1-3-8(16)5-9(7)11(17)20/h1,3,5H,2,4,6,16H2,(H2,17,20)(H,18,19). The molecule has 5 N–H and O–H groups in total. The Kier molecular flexibility index (Phi) is 4.95. The first-order valence-electron chi connectivity index (χ1n) is 5.70. The average Bonchev–Trinajstić information content (AvgIpc) is 2.33. The maximum atomic E-state index is 11.9. The van der Waals surface area contributed by atoms with Crippen molar-refractivity contribution in [3.63, 3.8) is 0 Å². The number of rotatable bonds is 5. The molecule has 0 saturated heterocycles. The van der Waals surface area contributed by atoms with Crippen molar-refractivity contribution >= 4 is 17.5 Å². The summed E-state index contributed by atoms with van der Waals surface area (Å²) in [7, 11) is 0. The molecule has 0 saturated carbocycles. The third-order valence-electron chi connectivity index (χ3n) is 2.51. The van der Waals surface area contributed by atoms with E-state index >= 15 is 0 Å². The summed E-state index contributed by atoms with van der Waals surface area (Å²) in [4.78, 5) is 22.5. The fraction of sp³-hybridized carbons (Fsp3) is 0.333. The van der Waals surface area contributed by atoms with E-state index in [0.29, 0.717) is 11.3 Å². The highest BCUT2D eigenvalue weighted by Gasteiger charge is 2.27. The number of nitrogens with two attached hydrogens (primary N) is 2. The number of anilines is 1. The molecule has 1 aromatic carbocycles.